The summed E-state index contributed by atoms with van der Waals surface area (Å²) < 4.78 is 0.943. The number of nitrogens with zero attached hydrogens (tertiary/aromatic N) is 2. The highest BCUT2D eigenvalue weighted by Gasteiger charge is 2.25. The van der Waals surface area contributed by atoms with Crippen molar-refractivity contribution >= 4 is 44.5 Å². The van der Waals surface area contributed by atoms with E-state index < -0.39 is 10.8 Å². The highest BCUT2D eigenvalue weighted by atomic mass is 79.9. The quantitative estimate of drug-likeness (QED) is 0.508. The second kappa shape index (κ2) is 6.23. The summed E-state index contributed by atoms with van der Waals surface area (Å²) in [7, 11) is 1.60. The Morgan fingerprint density at radius 2 is 2.24 bits per heavy atom. The first-order valence-corrected chi connectivity index (χ1v) is 7.58. The topological polar surface area (TPSA) is 89.5 Å². The minimum atomic E-state index is -0.627. The van der Waals surface area contributed by atoms with Crippen molar-refractivity contribution < 1.29 is 9.72 Å². The average molecular weight is 370 g/mol. The molecule has 2 aromatic rings. The third-order valence-corrected chi connectivity index (χ3v) is 4.52. The van der Waals surface area contributed by atoms with Crippen LogP contribution in [0.2, 0.25) is 0 Å². The van der Waals surface area contributed by atoms with E-state index in [1.165, 1.54) is 34.4 Å². The minimum Gasteiger partial charge on any atom is -0.393 e. The molecule has 0 aliphatic heterocycles. The van der Waals surface area contributed by atoms with Crippen LogP contribution in [0.1, 0.15) is 15.2 Å². The van der Waals surface area contributed by atoms with E-state index in [-0.39, 0.29) is 16.9 Å². The number of rotatable bonds is 4. The molecule has 21 heavy (non-hydrogen) atoms. The molecule has 0 bridgehead atoms. The van der Waals surface area contributed by atoms with Crippen molar-refractivity contribution in [3.63, 3.8) is 0 Å². The number of carbonyl (C=O) groups is 1. The van der Waals surface area contributed by atoms with Crippen LogP contribution < -0.4 is 5.73 Å². The molecule has 6 nitrogen and oxygen atoms in total. The normalized spacial score (nSPS) is 10.4. The molecular formula is C13H12BrN3O3S. The SMILES string of the molecule is CN(Cc1cc(Br)cs1)C(=O)c1cccc(N)c1[N+](=O)[O-]. The molecule has 2 rings (SSSR count). The lowest BCUT2D eigenvalue weighted by molar-refractivity contribution is -0.384. The van der Waals surface area contributed by atoms with Gasteiger partial charge in [-0.25, -0.2) is 0 Å². The van der Waals surface area contributed by atoms with Crippen LogP contribution >= 0.6 is 27.3 Å². The smallest absolute Gasteiger partial charge is 0.304 e. The van der Waals surface area contributed by atoms with Gasteiger partial charge in [0.2, 0.25) is 0 Å². The van der Waals surface area contributed by atoms with Gasteiger partial charge in [-0.2, -0.15) is 0 Å². The van der Waals surface area contributed by atoms with Gasteiger partial charge in [-0.3, -0.25) is 14.9 Å². The number of anilines is 1. The van der Waals surface area contributed by atoms with E-state index in [0.717, 1.165) is 9.35 Å². The summed E-state index contributed by atoms with van der Waals surface area (Å²) in [6.45, 7) is 0.376. The summed E-state index contributed by atoms with van der Waals surface area (Å²) in [5, 5.41) is 13.0. The maximum absolute atomic E-state index is 12.4. The second-order valence-electron chi connectivity index (χ2n) is 4.39. The molecule has 0 spiro atoms. The predicted octanol–water partition coefficient (Wildman–Crippen LogP) is 3.27. The summed E-state index contributed by atoms with van der Waals surface area (Å²) in [5.41, 5.74) is 5.24. The van der Waals surface area contributed by atoms with Gasteiger partial charge < -0.3 is 10.6 Å². The van der Waals surface area contributed by atoms with E-state index in [0.29, 0.717) is 6.54 Å². The van der Waals surface area contributed by atoms with Gasteiger partial charge in [0.15, 0.2) is 0 Å². The Kier molecular flexibility index (Phi) is 4.59. The number of thiophene rings is 1. The van der Waals surface area contributed by atoms with Gasteiger partial charge in [-0.15, -0.1) is 11.3 Å². The summed E-state index contributed by atoms with van der Waals surface area (Å²) in [6, 6.07) is 6.26. The zero-order valence-electron chi connectivity index (χ0n) is 11.1. The van der Waals surface area contributed by atoms with Crippen LogP contribution in [-0.2, 0) is 6.54 Å². The zero-order valence-corrected chi connectivity index (χ0v) is 13.5. The van der Waals surface area contributed by atoms with Crippen molar-refractivity contribution in [3.8, 4) is 0 Å². The van der Waals surface area contributed by atoms with E-state index in [2.05, 4.69) is 15.9 Å². The molecule has 0 unspecified atom stereocenters. The van der Waals surface area contributed by atoms with E-state index >= 15 is 0 Å². The highest BCUT2D eigenvalue weighted by Crippen LogP contribution is 2.28. The number of halogens is 1. The molecule has 0 saturated heterocycles. The maximum Gasteiger partial charge on any atom is 0.304 e. The van der Waals surface area contributed by atoms with Crippen molar-refractivity contribution in [3.05, 3.63) is 54.7 Å². The van der Waals surface area contributed by atoms with Gasteiger partial charge in [-0.05, 0) is 34.1 Å². The number of carbonyl (C=O) groups excluding carboxylic acids is 1. The first-order valence-electron chi connectivity index (χ1n) is 5.91. The Morgan fingerprint density at radius 1 is 1.52 bits per heavy atom. The lowest BCUT2D eigenvalue weighted by Gasteiger charge is -2.16. The average Bonchev–Trinajstić information content (AvgIpc) is 2.82. The molecule has 0 aliphatic rings. The molecule has 0 atom stereocenters. The van der Waals surface area contributed by atoms with Gasteiger partial charge in [0.05, 0.1) is 11.5 Å². The molecule has 8 heteroatoms. The molecule has 0 radical (unpaired) electrons. The third kappa shape index (κ3) is 3.40. The highest BCUT2D eigenvalue weighted by molar-refractivity contribution is 9.10. The van der Waals surface area contributed by atoms with Crippen LogP contribution in [0.25, 0.3) is 0 Å². The molecule has 2 N–H and O–H groups in total. The number of benzene rings is 1. The van der Waals surface area contributed by atoms with Crippen LogP contribution in [0.5, 0.6) is 0 Å². The van der Waals surface area contributed by atoms with Gasteiger partial charge in [0.25, 0.3) is 5.91 Å². The van der Waals surface area contributed by atoms with Crippen molar-refractivity contribution in [1.82, 2.24) is 4.90 Å². The van der Waals surface area contributed by atoms with E-state index in [4.69, 9.17) is 5.73 Å². The number of nitrogen functional groups attached to an aromatic ring is 1. The Labute approximate surface area is 133 Å². The van der Waals surface area contributed by atoms with Crippen LogP contribution in [0.15, 0.2) is 34.1 Å². The zero-order chi connectivity index (χ0) is 15.6. The number of hydrogen-bond donors (Lipinski definition) is 1. The Bertz CT molecular complexity index is 702. The molecule has 110 valence electrons. The van der Waals surface area contributed by atoms with E-state index in [1.54, 1.807) is 7.05 Å². The van der Waals surface area contributed by atoms with Gasteiger partial charge >= 0.3 is 5.69 Å². The number of nitrogens with two attached hydrogens (primary N) is 1. The molecule has 1 aromatic carbocycles. The van der Waals surface area contributed by atoms with E-state index in [9.17, 15) is 14.9 Å². The fourth-order valence-electron chi connectivity index (χ4n) is 1.89. The number of amides is 1. The fourth-order valence-corrected chi connectivity index (χ4v) is 3.39. The Morgan fingerprint density at radius 3 is 2.81 bits per heavy atom. The van der Waals surface area contributed by atoms with Crippen LogP contribution in [0.3, 0.4) is 0 Å². The van der Waals surface area contributed by atoms with Crippen molar-refractivity contribution in [2.45, 2.75) is 6.54 Å². The Balaban J connectivity index is 2.27. The van der Waals surface area contributed by atoms with Crippen LogP contribution in [-0.4, -0.2) is 22.8 Å². The maximum atomic E-state index is 12.4. The lowest BCUT2D eigenvalue weighted by Crippen LogP contribution is -2.26. The van der Waals surface area contributed by atoms with Crippen molar-refractivity contribution in [2.24, 2.45) is 0 Å². The number of nitro benzene ring substituents is 1. The summed E-state index contributed by atoms with van der Waals surface area (Å²) in [6.07, 6.45) is 0. The van der Waals surface area contributed by atoms with Crippen LogP contribution in [0.4, 0.5) is 11.4 Å². The monoisotopic (exact) mass is 369 g/mol. The first kappa shape index (κ1) is 15.5. The molecule has 0 aliphatic carbocycles. The summed E-state index contributed by atoms with van der Waals surface area (Å²) in [4.78, 5) is 25.3. The molecule has 1 aromatic heterocycles. The minimum absolute atomic E-state index is 0.00174. The summed E-state index contributed by atoms with van der Waals surface area (Å²) >= 11 is 4.85. The molecular weight excluding hydrogens is 358 g/mol. The van der Waals surface area contributed by atoms with Gasteiger partial charge in [0.1, 0.15) is 11.3 Å². The Hall–Kier alpha value is -1.93. The van der Waals surface area contributed by atoms with Crippen molar-refractivity contribution in [1.29, 1.82) is 0 Å². The molecule has 1 heterocycles. The lowest BCUT2D eigenvalue weighted by atomic mass is 10.1. The standard InChI is InChI=1S/C13H12BrN3O3S/c1-16(6-9-5-8(14)7-21-9)13(18)10-3-2-4-11(15)12(10)17(19)20/h2-5,7H,6,15H2,1H3. The second-order valence-corrected chi connectivity index (χ2v) is 6.30. The number of hydrogen-bond acceptors (Lipinski definition) is 5. The third-order valence-electron chi connectivity index (χ3n) is 2.84. The first-order chi connectivity index (χ1) is 9.90. The van der Waals surface area contributed by atoms with Gasteiger partial charge in [-0.1, -0.05) is 6.07 Å². The molecule has 0 fully saturated rings. The van der Waals surface area contributed by atoms with Crippen LogP contribution in [0, 0.1) is 10.1 Å². The van der Waals surface area contributed by atoms with Gasteiger partial charge in [0, 0.05) is 21.8 Å². The van der Waals surface area contributed by atoms with E-state index in [1.807, 2.05) is 11.4 Å². The van der Waals surface area contributed by atoms with Crippen molar-refractivity contribution in [2.75, 3.05) is 12.8 Å². The predicted molar refractivity (Wildman–Crippen MR) is 85.3 cm³/mol. The largest absolute Gasteiger partial charge is 0.393 e. The molecule has 1 amide bonds. The number of nitro groups is 1. The summed E-state index contributed by atoms with van der Waals surface area (Å²) in [5.74, 6) is -0.432. The fraction of sp³-hybridized carbons (Fsp3) is 0.154. The molecule has 0 saturated carbocycles. The number of para-hydroxylation sites is 1.